The molecule has 4 N–H and O–H groups in total. The molecule has 0 aliphatic heterocycles. The van der Waals surface area contributed by atoms with Crippen molar-refractivity contribution in [1.29, 1.82) is 0 Å². The van der Waals surface area contributed by atoms with Crippen LogP contribution in [0.2, 0.25) is 0 Å². The smallest absolute Gasteiger partial charge is 0.408 e. The Labute approximate surface area is 183 Å². The fourth-order valence-corrected chi connectivity index (χ4v) is 2.87. The maximum atomic E-state index is 12.6. The number of nitrogens with one attached hydrogen (secondary N) is 4. The molecular formula is C21H34N4O4S. The molecule has 168 valence electrons. The van der Waals surface area contributed by atoms with Crippen LogP contribution in [-0.4, -0.2) is 47.7 Å². The highest BCUT2D eigenvalue weighted by Crippen LogP contribution is 2.11. The topological polar surface area (TPSA) is 109 Å². The van der Waals surface area contributed by atoms with Crippen molar-refractivity contribution in [2.75, 3.05) is 17.3 Å². The first-order chi connectivity index (χ1) is 14.0. The molecule has 0 saturated carbocycles. The Morgan fingerprint density at radius 3 is 2.23 bits per heavy atom. The Morgan fingerprint density at radius 1 is 1.07 bits per heavy atom. The molecule has 4 amide bonds. The van der Waals surface area contributed by atoms with E-state index in [1.54, 1.807) is 44.7 Å². The number of benzene rings is 1. The third-order valence-corrected chi connectivity index (χ3v) is 4.36. The standard InChI is InChI=1S/C21H34N4O4S/c1-14(2)23-19(27)24-16-9-7-15(8-10-16)13-22-18(26)17(11-12-30-6)25-20(28)29-21(3,4)5/h7-10,14,17H,11-13H2,1-6H3,(H,22,26)(H,25,28)(H2,23,24,27)/t17-/m0/s1. The van der Waals surface area contributed by atoms with Crippen molar-refractivity contribution < 1.29 is 19.1 Å². The van der Waals surface area contributed by atoms with Crippen LogP contribution in [0.3, 0.4) is 0 Å². The van der Waals surface area contributed by atoms with Gasteiger partial charge >= 0.3 is 12.1 Å². The molecule has 1 aromatic rings. The predicted molar refractivity (Wildman–Crippen MR) is 122 cm³/mol. The maximum Gasteiger partial charge on any atom is 0.408 e. The molecule has 0 unspecified atom stereocenters. The van der Waals surface area contributed by atoms with Gasteiger partial charge in [0.05, 0.1) is 0 Å². The van der Waals surface area contributed by atoms with E-state index in [1.807, 2.05) is 32.2 Å². The van der Waals surface area contributed by atoms with Crippen molar-refractivity contribution in [2.45, 2.75) is 65.3 Å². The van der Waals surface area contributed by atoms with E-state index in [9.17, 15) is 14.4 Å². The monoisotopic (exact) mass is 438 g/mol. The fourth-order valence-electron chi connectivity index (χ4n) is 2.40. The molecule has 8 nitrogen and oxygen atoms in total. The van der Waals surface area contributed by atoms with Crippen molar-refractivity contribution in [3.63, 3.8) is 0 Å². The van der Waals surface area contributed by atoms with Gasteiger partial charge in [0.1, 0.15) is 11.6 Å². The largest absolute Gasteiger partial charge is 0.444 e. The van der Waals surface area contributed by atoms with Crippen LogP contribution < -0.4 is 21.3 Å². The van der Waals surface area contributed by atoms with Crippen LogP contribution in [0.15, 0.2) is 24.3 Å². The van der Waals surface area contributed by atoms with E-state index >= 15 is 0 Å². The normalized spacial score (nSPS) is 12.1. The first-order valence-electron chi connectivity index (χ1n) is 9.92. The minimum Gasteiger partial charge on any atom is -0.444 e. The van der Waals surface area contributed by atoms with Gasteiger partial charge < -0.3 is 26.0 Å². The number of thioether (sulfide) groups is 1. The van der Waals surface area contributed by atoms with E-state index < -0.39 is 17.7 Å². The van der Waals surface area contributed by atoms with Gasteiger partial charge in [-0.05, 0) is 70.7 Å². The molecule has 0 aromatic heterocycles. The minimum atomic E-state index is -0.673. The summed E-state index contributed by atoms with van der Waals surface area (Å²) in [6.07, 6.45) is 1.83. The lowest BCUT2D eigenvalue weighted by atomic mass is 10.1. The van der Waals surface area contributed by atoms with Gasteiger partial charge in [0.2, 0.25) is 5.91 Å². The highest BCUT2D eigenvalue weighted by Gasteiger charge is 2.23. The highest BCUT2D eigenvalue weighted by atomic mass is 32.2. The van der Waals surface area contributed by atoms with Gasteiger partial charge in [0.15, 0.2) is 0 Å². The lowest BCUT2D eigenvalue weighted by Crippen LogP contribution is -2.48. The third-order valence-electron chi connectivity index (χ3n) is 3.72. The third kappa shape index (κ3) is 10.9. The Bertz CT molecular complexity index is 702. The minimum absolute atomic E-state index is 0.0489. The van der Waals surface area contributed by atoms with Gasteiger partial charge in [-0.25, -0.2) is 9.59 Å². The molecular weight excluding hydrogens is 404 g/mol. The van der Waals surface area contributed by atoms with Crippen LogP contribution in [0, 0.1) is 0 Å². The number of ether oxygens (including phenoxy) is 1. The number of alkyl carbamates (subject to hydrolysis) is 1. The van der Waals surface area contributed by atoms with E-state index in [4.69, 9.17) is 4.74 Å². The van der Waals surface area contributed by atoms with E-state index in [-0.39, 0.29) is 18.0 Å². The second-order valence-corrected chi connectivity index (χ2v) is 9.13. The summed E-state index contributed by atoms with van der Waals surface area (Å²) in [5.41, 5.74) is 0.902. The van der Waals surface area contributed by atoms with Crippen LogP contribution in [-0.2, 0) is 16.1 Å². The predicted octanol–water partition coefficient (Wildman–Crippen LogP) is 3.48. The van der Waals surface area contributed by atoms with Gasteiger partial charge in [-0.2, -0.15) is 11.8 Å². The van der Waals surface area contributed by atoms with E-state index in [2.05, 4.69) is 21.3 Å². The summed E-state index contributed by atoms with van der Waals surface area (Å²) in [7, 11) is 0. The zero-order valence-electron chi connectivity index (χ0n) is 18.6. The van der Waals surface area contributed by atoms with Crippen molar-refractivity contribution in [3.8, 4) is 0 Å². The zero-order chi connectivity index (χ0) is 22.7. The molecule has 0 radical (unpaired) electrons. The molecule has 1 aromatic carbocycles. The van der Waals surface area contributed by atoms with Gasteiger partial charge in [-0.15, -0.1) is 0 Å². The zero-order valence-corrected chi connectivity index (χ0v) is 19.4. The van der Waals surface area contributed by atoms with Crippen LogP contribution in [0.1, 0.15) is 46.6 Å². The number of anilines is 1. The lowest BCUT2D eigenvalue weighted by Gasteiger charge is -2.23. The van der Waals surface area contributed by atoms with E-state index in [1.165, 1.54) is 0 Å². The molecule has 0 aliphatic rings. The molecule has 0 saturated heterocycles. The molecule has 1 atom stereocenters. The Hall–Kier alpha value is -2.42. The first-order valence-corrected chi connectivity index (χ1v) is 11.3. The Balaban J connectivity index is 2.60. The van der Waals surface area contributed by atoms with Crippen LogP contribution in [0.4, 0.5) is 15.3 Å². The summed E-state index contributed by atoms with van der Waals surface area (Å²) in [4.78, 5) is 36.4. The fraction of sp³-hybridized carbons (Fsp3) is 0.571. The van der Waals surface area contributed by atoms with Crippen molar-refractivity contribution >= 4 is 35.5 Å². The van der Waals surface area contributed by atoms with Gasteiger partial charge in [0, 0.05) is 18.3 Å². The second-order valence-electron chi connectivity index (χ2n) is 8.15. The van der Waals surface area contributed by atoms with Gasteiger partial charge in [-0.3, -0.25) is 4.79 Å². The number of hydrogen-bond donors (Lipinski definition) is 4. The number of amides is 4. The van der Waals surface area contributed by atoms with Gasteiger partial charge in [-0.1, -0.05) is 12.1 Å². The summed E-state index contributed by atoms with van der Waals surface area (Å²) in [6.45, 7) is 9.39. The number of carbonyl (C=O) groups excluding carboxylic acids is 3. The van der Waals surface area contributed by atoms with Crippen molar-refractivity contribution in [3.05, 3.63) is 29.8 Å². The summed E-state index contributed by atoms with van der Waals surface area (Å²) in [6, 6.07) is 6.29. The van der Waals surface area contributed by atoms with Gasteiger partial charge in [0.25, 0.3) is 0 Å². The molecule has 0 heterocycles. The second kappa shape index (κ2) is 12.3. The number of carbonyl (C=O) groups is 3. The number of rotatable bonds is 9. The van der Waals surface area contributed by atoms with Crippen molar-refractivity contribution in [2.24, 2.45) is 0 Å². The molecule has 0 aliphatic carbocycles. The lowest BCUT2D eigenvalue weighted by molar-refractivity contribution is -0.123. The molecule has 30 heavy (non-hydrogen) atoms. The summed E-state index contributed by atoms with van der Waals surface area (Å²) < 4.78 is 5.25. The van der Waals surface area contributed by atoms with Crippen molar-refractivity contribution in [1.82, 2.24) is 16.0 Å². The molecule has 0 fully saturated rings. The number of hydrogen-bond acceptors (Lipinski definition) is 5. The average molecular weight is 439 g/mol. The molecule has 0 spiro atoms. The summed E-state index contributed by atoms with van der Waals surface area (Å²) in [5, 5.41) is 11.0. The van der Waals surface area contributed by atoms with Crippen LogP contribution in [0.25, 0.3) is 0 Å². The Morgan fingerprint density at radius 2 is 1.70 bits per heavy atom. The quantitative estimate of drug-likeness (QED) is 0.472. The van der Waals surface area contributed by atoms with E-state index in [0.29, 0.717) is 18.7 Å². The molecule has 0 bridgehead atoms. The molecule has 1 rings (SSSR count). The maximum absolute atomic E-state index is 12.6. The molecule has 9 heteroatoms. The first kappa shape index (κ1) is 25.6. The summed E-state index contributed by atoms with van der Waals surface area (Å²) >= 11 is 1.60. The van der Waals surface area contributed by atoms with Crippen LogP contribution >= 0.6 is 11.8 Å². The van der Waals surface area contributed by atoms with E-state index in [0.717, 1.165) is 11.3 Å². The average Bonchev–Trinajstić information content (AvgIpc) is 2.62. The SMILES string of the molecule is CSCC[C@H](NC(=O)OC(C)(C)C)C(=O)NCc1ccc(NC(=O)NC(C)C)cc1. The van der Waals surface area contributed by atoms with Crippen LogP contribution in [0.5, 0.6) is 0 Å². The Kier molecular flexibility index (Phi) is 10.5. The highest BCUT2D eigenvalue weighted by molar-refractivity contribution is 7.98. The summed E-state index contributed by atoms with van der Waals surface area (Å²) in [5.74, 6) is 0.459. The number of urea groups is 1.